The third-order valence-electron chi connectivity index (χ3n) is 13.7. The Balaban J connectivity index is 1.16. The SMILES string of the molecule is c1ccc(-c2cccc3cccc(-c4ccccc4N(c4ccccc4-c4cccc5c4oc4ccccc45)c4ccccc4-c4cccc5cccc(C6CCCCC6)c45)c23)cc1. The van der Waals surface area contributed by atoms with Crippen LogP contribution in [0.25, 0.3) is 88.0 Å². The summed E-state index contributed by atoms with van der Waals surface area (Å²) in [6.07, 6.45) is 6.39. The number of para-hydroxylation sites is 5. The van der Waals surface area contributed by atoms with Crippen LogP contribution in [0.15, 0.2) is 223 Å². The normalized spacial score (nSPS) is 13.2. The molecule has 12 rings (SSSR count). The van der Waals surface area contributed by atoms with Gasteiger partial charge in [-0.15, -0.1) is 0 Å². The Kier molecular flexibility index (Phi) is 9.64. The van der Waals surface area contributed by atoms with Gasteiger partial charge >= 0.3 is 0 Å². The molecule has 0 saturated heterocycles. The highest BCUT2D eigenvalue weighted by Crippen LogP contribution is 2.51. The zero-order valence-electron chi connectivity index (χ0n) is 35.8. The summed E-state index contributed by atoms with van der Waals surface area (Å²) in [5.41, 5.74) is 16.0. The molecule has 11 aromatic rings. The second kappa shape index (κ2) is 16.2. The highest BCUT2D eigenvalue weighted by molar-refractivity contribution is 6.13. The van der Waals surface area contributed by atoms with Gasteiger partial charge in [0.1, 0.15) is 11.2 Å². The molecule has 10 aromatic carbocycles. The van der Waals surface area contributed by atoms with Crippen LogP contribution in [0.5, 0.6) is 0 Å². The first-order valence-corrected chi connectivity index (χ1v) is 22.9. The van der Waals surface area contributed by atoms with Crippen molar-refractivity contribution < 1.29 is 4.42 Å². The molecule has 0 amide bonds. The van der Waals surface area contributed by atoms with Crippen molar-refractivity contribution in [3.05, 3.63) is 224 Å². The van der Waals surface area contributed by atoms with Crippen molar-refractivity contribution in [2.24, 2.45) is 0 Å². The maximum Gasteiger partial charge on any atom is 0.143 e. The molecule has 0 N–H and O–H groups in total. The monoisotopic (exact) mass is 821 g/mol. The zero-order valence-corrected chi connectivity index (χ0v) is 35.8. The van der Waals surface area contributed by atoms with Crippen LogP contribution in [0.3, 0.4) is 0 Å². The number of hydrogen-bond donors (Lipinski definition) is 0. The number of hydrogen-bond acceptors (Lipinski definition) is 2. The minimum absolute atomic E-state index is 0.554. The van der Waals surface area contributed by atoms with Crippen LogP contribution in [0.4, 0.5) is 17.1 Å². The van der Waals surface area contributed by atoms with E-state index < -0.39 is 0 Å². The number of nitrogens with zero attached hydrogens (tertiary/aromatic N) is 1. The van der Waals surface area contributed by atoms with Gasteiger partial charge in [-0.25, -0.2) is 0 Å². The average molecular weight is 822 g/mol. The summed E-state index contributed by atoms with van der Waals surface area (Å²) < 4.78 is 6.77. The van der Waals surface area contributed by atoms with E-state index in [0.717, 1.165) is 55.7 Å². The van der Waals surface area contributed by atoms with Crippen LogP contribution in [0, 0.1) is 0 Å². The third kappa shape index (κ3) is 6.48. The molecule has 1 fully saturated rings. The summed E-state index contributed by atoms with van der Waals surface area (Å²) in [4.78, 5) is 2.54. The van der Waals surface area contributed by atoms with Crippen LogP contribution in [-0.2, 0) is 0 Å². The second-order valence-electron chi connectivity index (χ2n) is 17.3. The lowest BCUT2D eigenvalue weighted by molar-refractivity contribution is 0.445. The van der Waals surface area contributed by atoms with Crippen LogP contribution in [0.2, 0.25) is 0 Å². The fraction of sp³-hybridized carbons (Fsp3) is 0.0968. The van der Waals surface area contributed by atoms with E-state index in [2.05, 4.69) is 223 Å². The number of rotatable bonds is 8. The Bertz CT molecular complexity index is 3490. The molecule has 0 bridgehead atoms. The van der Waals surface area contributed by atoms with Crippen molar-refractivity contribution in [3.8, 4) is 44.5 Å². The van der Waals surface area contributed by atoms with Gasteiger partial charge in [-0.1, -0.05) is 213 Å². The van der Waals surface area contributed by atoms with Crippen molar-refractivity contribution in [2.45, 2.75) is 38.0 Å². The van der Waals surface area contributed by atoms with Gasteiger partial charge in [0, 0.05) is 33.0 Å². The topological polar surface area (TPSA) is 16.4 Å². The Labute approximate surface area is 374 Å². The number of anilines is 3. The van der Waals surface area contributed by atoms with Gasteiger partial charge in [0.2, 0.25) is 0 Å². The molecular formula is C62H47NO. The standard InChI is InChI=1S/C62H47NO/c1-3-20-42(21-4-1)46-32-15-24-44-26-17-34-52(60(44)46)48-28-7-11-38-56(48)63(58-40-13-9-30-50(58)54-36-19-37-55-51-31-10-14-41-59(51)64-62(54)55)57-39-12-8-29-49(57)53-35-18-27-45-25-16-33-47(61(45)53)43-22-5-2-6-23-43/h1,3-4,7-21,24-41,43H,2,5-6,22-23H2. The number of benzene rings is 10. The van der Waals surface area contributed by atoms with E-state index in [1.165, 1.54) is 87.0 Å². The first-order chi connectivity index (χ1) is 31.8. The maximum atomic E-state index is 6.77. The summed E-state index contributed by atoms with van der Waals surface area (Å²) in [7, 11) is 0. The van der Waals surface area contributed by atoms with Crippen LogP contribution in [-0.4, -0.2) is 0 Å². The highest BCUT2D eigenvalue weighted by Gasteiger charge is 2.27. The summed E-state index contributed by atoms with van der Waals surface area (Å²) in [6.45, 7) is 0. The van der Waals surface area contributed by atoms with E-state index in [0.29, 0.717) is 5.92 Å². The van der Waals surface area contributed by atoms with Gasteiger partial charge in [-0.2, -0.15) is 0 Å². The van der Waals surface area contributed by atoms with E-state index in [9.17, 15) is 0 Å². The van der Waals surface area contributed by atoms with Crippen molar-refractivity contribution in [3.63, 3.8) is 0 Å². The molecule has 1 aliphatic carbocycles. The Morgan fingerprint density at radius 3 is 1.48 bits per heavy atom. The molecule has 1 aromatic heterocycles. The molecule has 64 heavy (non-hydrogen) atoms. The van der Waals surface area contributed by atoms with Crippen molar-refractivity contribution in [2.75, 3.05) is 4.90 Å². The summed E-state index contributed by atoms with van der Waals surface area (Å²) in [5.74, 6) is 0.554. The minimum Gasteiger partial charge on any atom is -0.455 e. The Morgan fingerprint density at radius 1 is 0.344 bits per heavy atom. The first kappa shape index (κ1) is 38.0. The van der Waals surface area contributed by atoms with Gasteiger partial charge in [0.05, 0.1) is 17.1 Å². The molecule has 1 heterocycles. The first-order valence-electron chi connectivity index (χ1n) is 22.9. The third-order valence-corrected chi connectivity index (χ3v) is 13.7. The van der Waals surface area contributed by atoms with E-state index in [1.807, 2.05) is 0 Å². The van der Waals surface area contributed by atoms with Crippen LogP contribution < -0.4 is 4.90 Å². The van der Waals surface area contributed by atoms with E-state index in [-0.39, 0.29) is 0 Å². The summed E-state index contributed by atoms with van der Waals surface area (Å²) in [5, 5.41) is 7.36. The van der Waals surface area contributed by atoms with E-state index in [1.54, 1.807) is 0 Å². The molecule has 0 atom stereocenters. The molecule has 2 nitrogen and oxygen atoms in total. The fourth-order valence-electron chi connectivity index (χ4n) is 10.8. The Morgan fingerprint density at radius 2 is 0.812 bits per heavy atom. The molecule has 0 radical (unpaired) electrons. The maximum absolute atomic E-state index is 6.77. The molecular weight excluding hydrogens is 775 g/mol. The molecule has 0 spiro atoms. The largest absolute Gasteiger partial charge is 0.455 e. The molecule has 1 saturated carbocycles. The van der Waals surface area contributed by atoms with Gasteiger partial charge in [0.15, 0.2) is 0 Å². The van der Waals surface area contributed by atoms with Gasteiger partial charge < -0.3 is 9.32 Å². The fourth-order valence-corrected chi connectivity index (χ4v) is 10.8. The summed E-state index contributed by atoms with van der Waals surface area (Å²) >= 11 is 0. The predicted molar refractivity (Wildman–Crippen MR) is 271 cm³/mol. The average Bonchev–Trinajstić information content (AvgIpc) is 3.76. The van der Waals surface area contributed by atoms with Crippen molar-refractivity contribution in [1.29, 1.82) is 0 Å². The predicted octanol–water partition coefficient (Wildman–Crippen LogP) is 18.1. The number of fused-ring (bicyclic) bond motifs is 5. The molecule has 1 aliphatic rings. The van der Waals surface area contributed by atoms with Gasteiger partial charge in [0.25, 0.3) is 0 Å². The molecule has 2 heteroatoms. The second-order valence-corrected chi connectivity index (χ2v) is 17.3. The molecule has 0 unspecified atom stereocenters. The van der Waals surface area contributed by atoms with E-state index in [4.69, 9.17) is 4.42 Å². The van der Waals surface area contributed by atoms with Crippen molar-refractivity contribution in [1.82, 2.24) is 0 Å². The zero-order chi connectivity index (χ0) is 42.4. The Hall–Kier alpha value is -7.68. The van der Waals surface area contributed by atoms with Crippen molar-refractivity contribution >= 4 is 60.5 Å². The lowest BCUT2D eigenvalue weighted by Crippen LogP contribution is -2.14. The minimum atomic E-state index is 0.554. The smallest absolute Gasteiger partial charge is 0.143 e. The van der Waals surface area contributed by atoms with Gasteiger partial charge in [-0.05, 0) is 92.4 Å². The highest BCUT2D eigenvalue weighted by atomic mass is 16.3. The van der Waals surface area contributed by atoms with Gasteiger partial charge in [-0.3, -0.25) is 0 Å². The molecule has 0 aliphatic heterocycles. The van der Waals surface area contributed by atoms with Crippen LogP contribution >= 0.6 is 0 Å². The quantitative estimate of drug-likeness (QED) is 0.152. The lowest BCUT2D eigenvalue weighted by Gasteiger charge is -2.32. The van der Waals surface area contributed by atoms with Crippen LogP contribution in [0.1, 0.15) is 43.6 Å². The summed E-state index contributed by atoms with van der Waals surface area (Å²) in [6, 6.07) is 80.1. The number of furan rings is 1. The lowest BCUT2D eigenvalue weighted by atomic mass is 9.80. The molecule has 306 valence electrons. The van der Waals surface area contributed by atoms with E-state index >= 15 is 0 Å².